The summed E-state index contributed by atoms with van der Waals surface area (Å²) in [5, 5.41) is 8.69. The second-order valence-corrected chi connectivity index (χ2v) is 3.92. The number of hydrogen-bond acceptors (Lipinski definition) is 3. The van der Waals surface area contributed by atoms with Crippen molar-refractivity contribution in [1.82, 2.24) is 0 Å². The van der Waals surface area contributed by atoms with Gasteiger partial charge in [-0.15, -0.1) is 0 Å². The zero-order chi connectivity index (χ0) is 11.3. The van der Waals surface area contributed by atoms with Crippen LogP contribution in [0.3, 0.4) is 0 Å². The molecule has 0 radical (unpaired) electrons. The van der Waals surface area contributed by atoms with E-state index in [1.807, 2.05) is 24.3 Å². The monoisotopic (exact) mass is 224 g/mol. The first kappa shape index (κ1) is 11.8. The minimum absolute atomic E-state index is 0.321. The predicted octanol–water partition coefficient (Wildman–Crippen LogP) is 2.83. The fourth-order valence-electron chi connectivity index (χ4n) is 1.03. The fourth-order valence-corrected chi connectivity index (χ4v) is 1.47. The lowest BCUT2D eigenvalue weighted by Gasteiger charge is -1.99. The maximum Gasteiger partial charge on any atom is 0.331 e. The van der Waals surface area contributed by atoms with Gasteiger partial charge in [0.15, 0.2) is 0 Å². The van der Waals surface area contributed by atoms with E-state index < -0.39 is 5.97 Å². The summed E-state index contributed by atoms with van der Waals surface area (Å²) in [4.78, 5) is 11.6. The van der Waals surface area contributed by atoms with Crippen molar-refractivity contribution in [3.05, 3.63) is 35.4 Å². The van der Waals surface area contributed by atoms with Crippen molar-refractivity contribution >= 4 is 24.1 Å². The van der Waals surface area contributed by atoms with Crippen LogP contribution in [0.2, 0.25) is 0 Å². The topological polar surface area (TPSA) is 46.5 Å². The van der Waals surface area contributed by atoms with Crippen LogP contribution < -0.4 is 0 Å². The molecule has 15 heavy (non-hydrogen) atoms. The molecular weight excluding hydrogens is 212 g/mol. The third kappa shape index (κ3) is 3.77. The third-order valence-corrected chi connectivity index (χ3v) is 2.41. The molecule has 0 spiro atoms. The zero-order valence-corrected chi connectivity index (χ0v) is 9.38. The number of benzene rings is 1. The molecule has 80 valence electrons. The van der Waals surface area contributed by atoms with Gasteiger partial charge in [0.2, 0.25) is 0 Å². The Balaban J connectivity index is 2.80. The van der Waals surface area contributed by atoms with E-state index in [-0.39, 0.29) is 0 Å². The zero-order valence-electron chi connectivity index (χ0n) is 8.56. The van der Waals surface area contributed by atoms with Crippen LogP contribution in [0.15, 0.2) is 34.7 Å². The number of aliphatic carboxylic acids is 1. The molecule has 0 saturated heterocycles. The summed E-state index contributed by atoms with van der Waals surface area (Å²) in [7, 11) is 1.60. The van der Waals surface area contributed by atoms with E-state index in [0.717, 1.165) is 10.5 Å². The molecule has 0 aliphatic carbocycles. The molecule has 1 rings (SSSR count). The third-order valence-electron chi connectivity index (χ3n) is 1.78. The molecule has 0 bridgehead atoms. The molecular formula is C11H12O3S. The molecule has 1 aromatic carbocycles. The van der Waals surface area contributed by atoms with Crippen LogP contribution in [0.5, 0.6) is 0 Å². The van der Waals surface area contributed by atoms with Crippen molar-refractivity contribution < 1.29 is 14.1 Å². The summed E-state index contributed by atoms with van der Waals surface area (Å²) >= 11 is 1.27. The molecule has 3 nitrogen and oxygen atoms in total. The molecule has 4 heteroatoms. The highest BCUT2D eigenvalue weighted by Gasteiger charge is 1.99. The van der Waals surface area contributed by atoms with Crippen molar-refractivity contribution in [1.29, 1.82) is 0 Å². The molecule has 0 fully saturated rings. The standard InChI is InChI=1S/C11H12O3S/c1-8(11(12)13)7-9-3-5-10(6-4-9)15-14-2/h3-7H,1-2H3,(H,12,13). The van der Waals surface area contributed by atoms with E-state index in [2.05, 4.69) is 0 Å². The number of carbonyl (C=O) groups is 1. The minimum Gasteiger partial charge on any atom is -0.478 e. The normalized spacial score (nSPS) is 11.5. The van der Waals surface area contributed by atoms with Crippen LogP contribution in [0, 0.1) is 0 Å². The van der Waals surface area contributed by atoms with Gasteiger partial charge in [-0.3, -0.25) is 0 Å². The Morgan fingerprint density at radius 1 is 1.40 bits per heavy atom. The van der Waals surface area contributed by atoms with E-state index in [4.69, 9.17) is 9.29 Å². The highest BCUT2D eigenvalue weighted by atomic mass is 32.2. The summed E-state index contributed by atoms with van der Waals surface area (Å²) in [5.41, 5.74) is 1.19. The van der Waals surface area contributed by atoms with Crippen LogP contribution in [0.1, 0.15) is 12.5 Å². The summed E-state index contributed by atoms with van der Waals surface area (Å²) in [6, 6.07) is 7.48. The largest absolute Gasteiger partial charge is 0.478 e. The van der Waals surface area contributed by atoms with Crippen molar-refractivity contribution in [2.75, 3.05) is 7.11 Å². The number of carboxylic acid groups (broad SMARTS) is 1. The van der Waals surface area contributed by atoms with Gasteiger partial charge < -0.3 is 9.29 Å². The van der Waals surface area contributed by atoms with Crippen molar-refractivity contribution in [3.63, 3.8) is 0 Å². The van der Waals surface area contributed by atoms with Gasteiger partial charge in [-0.05, 0) is 30.7 Å². The molecule has 0 heterocycles. The van der Waals surface area contributed by atoms with Gasteiger partial charge in [0, 0.05) is 22.5 Å². The average molecular weight is 224 g/mol. The molecule has 0 atom stereocenters. The average Bonchev–Trinajstić information content (AvgIpc) is 2.21. The first-order valence-corrected chi connectivity index (χ1v) is 5.10. The van der Waals surface area contributed by atoms with E-state index in [1.165, 1.54) is 12.0 Å². The second-order valence-electron chi connectivity index (χ2n) is 2.95. The Morgan fingerprint density at radius 2 is 2.00 bits per heavy atom. The van der Waals surface area contributed by atoms with Gasteiger partial charge in [0.25, 0.3) is 0 Å². The first-order chi connectivity index (χ1) is 7.13. The number of carboxylic acids is 1. The van der Waals surface area contributed by atoms with Crippen molar-refractivity contribution in [2.24, 2.45) is 0 Å². The predicted molar refractivity (Wildman–Crippen MR) is 60.6 cm³/mol. The van der Waals surface area contributed by atoms with Crippen LogP contribution in [0.25, 0.3) is 6.08 Å². The molecule has 0 aliphatic rings. The molecule has 1 aromatic rings. The lowest BCUT2D eigenvalue weighted by molar-refractivity contribution is -0.132. The molecule has 0 amide bonds. The van der Waals surface area contributed by atoms with Crippen LogP contribution >= 0.6 is 12.0 Å². The Kier molecular flexibility index (Phi) is 4.39. The number of hydrogen-bond donors (Lipinski definition) is 1. The minimum atomic E-state index is -0.898. The Morgan fingerprint density at radius 3 is 2.47 bits per heavy atom. The highest BCUT2D eigenvalue weighted by molar-refractivity contribution is 7.94. The highest BCUT2D eigenvalue weighted by Crippen LogP contribution is 2.19. The van der Waals surface area contributed by atoms with Gasteiger partial charge in [-0.1, -0.05) is 12.1 Å². The lowest BCUT2D eigenvalue weighted by atomic mass is 10.1. The van der Waals surface area contributed by atoms with E-state index in [9.17, 15) is 4.79 Å². The molecule has 0 unspecified atom stereocenters. The van der Waals surface area contributed by atoms with Crippen LogP contribution in [-0.4, -0.2) is 18.2 Å². The van der Waals surface area contributed by atoms with E-state index in [0.29, 0.717) is 5.57 Å². The van der Waals surface area contributed by atoms with Gasteiger partial charge in [-0.2, -0.15) is 0 Å². The number of rotatable bonds is 4. The van der Waals surface area contributed by atoms with Gasteiger partial charge >= 0.3 is 5.97 Å². The Bertz CT molecular complexity index is 368. The molecule has 0 aliphatic heterocycles. The summed E-state index contributed by atoms with van der Waals surface area (Å²) in [6.07, 6.45) is 1.63. The van der Waals surface area contributed by atoms with Crippen LogP contribution in [-0.2, 0) is 8.98 Å². The van der Waals surface area contributed by atoms with Gasteiger partial charge in [-0.25, -0.2) is 4.79 Å². The molecule has 0 aromatic heterocycles. The molecule has 1 N–H and O–H groups in total. The maximum atomic E-state index is 10.6. The quantitative estimate of drug-likeness (QED) is 0.631. The molecule has 0 saturated carbocycles. The Labute approximate surface area is 93.0 Å². The van der Waals surface area contributed by atoms with Crippen molar-refractivity contribution in [2.45, 2.75) is 11.8 Å². The smallest absolute Gasteiger partial charge is 0.331 e. The van der Waals surface area contributed by atoms with E-state index >= 15 is 0 Å². The first-order valence-electron chi connectivity index (χ1n) is 4.36. The van der Waals surface area contributed by atoms with E-state index in [1.54, 1.807) is 20.1 Å². The SMILES string of the molecule is COSc1ccc(C=C(C)C(=O)O)cc1. The lowest BCUT2D eigenvalue weighted by Crippen LogP contribution is -1.95. The maximum absolute atomic E-state index is 10.6. The van der Waals surface area contributed by atoms with Crippen LogP contribution in [0.4, 0.5) is 0 Å². The van der Waals surface area contributed by atoms with Crippen molar-refractivity contribution in [3.8, 4) is 0 Å². The summed E-state index contributed by atoms with van der Waals surface area (Å²) in [6.45, 7) is 1.57. The van der Waals surface area contributed by atoms with Gasteiger partial charge in [0.05, 0.1) is 7.11 Å². The fraction of sp³-hybridized carbons (Fsp3) is 0.182. The summed E-state index contributed by atoms with van der Waals surface area (Å²) in [5.74, 6) is -0.898. The summed E-state index contributed by atoms with van der Waals surface area (Å²) < 4.78 is 4.89. The second kappa shape index (κ2) is 5.58. The van der Waals surface area contributed by atoms with Gasteiger partial charge in [0.1, 0.15) is 0 Å². The Hall–Kier alpha value is -1.26.